The fourth-order valence-electron chi connectivity index (χ4n) is 2.09. The molecule has 1 aliphatic heterocycles. The molecule has 8 nitrogen and oxygen atoms in total. The molecule has 0 spiro atoms. The Morgan fingerprint density at radius 1 is 1.33 bits per heavy atom. The highest BCUT2D eigenvalue weighted by atomic mass is 19.1. The summed E-state index contributed by atoms with van der Waals surface area (Å²) in [4.78, 5) is 24.0. The molecule has 9 heteroatoms. The summed E-state index contributed by atoms with van der Waals surface area (Å²) in [6.07, 6.45) is 1.07. The maximum absolute atomic E-state index is 13.9. The third kappa shape index (κ3) is 3.05. The summed E-state index contributed by atoms with van der Waals surface area (Å²) in [5.74, 6) is 0.402. The van der Waals surface area contributed by atoms with E-state index in [-0.39, 0.29) is 17.5 Å². The van der Waals surface area contributed by atoms with Gasteiger partial charge in [0.25, 0.3) is 5.91 Å². The molecule has 1 aliphatic rings. The van der Waals surface area contributed by atoms with E-state index in [0.29, 0.717) is 24.1 Å². The van der Waals surface area contributed by atoms with Crippen molar-refractivity contribution in [3.05, 3.63) is 24.1 Å². The number of hydrogen-bond acceptors (Lipinski definition) is 7. The van der Waals surface area contributed by atoms with Crippen LogP contribution in [0.15, 0.2) is 18.3 Å². The number of rotatable bonds is 4. The van der Waals surface area contributed by atoms with Crippen LogP contribution in [-0.4, -0.2) is 33.0 Å². The summed E-state index contributed by atoms with van der Waals surface area (Å²) in [6, 6.07) is 3.26. The summed E-state index contributed by atoms with van der Waals surface area (Å²) in [5.41, 5.74) is -0.969. The second-order valence-electron chi connectivity index (χ2n) is 5.66. The molecule has 0 aromatic carbocycles. The number of carbonyl (C=O) groups excluding carboxylic acids is 1. The number of halogens is 1. The van der Waals surface area contributed by atoms with Gasteiger partial charge >= 0.3 is 0 Å². The lowest BCUT2D eigenvalue weighted by atomic mass is 10.1. The van der Waals surface area contributed by atoms with Crippen LogP contribution < -0.4 is 20.7 Å². The third-order valence-electron chi connectivity index (χ3n) is 3.33. The monoisotopic (exact) mass is 332 g/mol. The van der Waals surface area contributed by atoms with Gasteiger partial charge in [0, 0.05) is 6.54 Å². The van der Waals surface area contributed by atoms with Gasteiger partial charge in [0.1, 0.15) is 5.82 Å². The Morgan fingerprint density at radius 2 is 2.12 bits per heavy atom. The quantitative estimate of drug-likeness (QED) is 0.789. The molecular weight excluding hydrogens is 315 g/mol. The predicted octanol–water partition coefficient (Wildman–Crippen LogP) is 2.30. The van der Waals surface area contributed by atoms with Gasteiger partial charge < -0.3 is 20.7 Å². The van der Waals surface area contributed by atoms with Crippen LogP contribution in [-0.2, 0) is 4.79 Å². The van der Waals surface area contributed by atoms with E-state index in [1.165, 1.54) is 0 Å². The van der Waals surface area contributed by atoms with Crippen LogP contribution in [0, 0.1) is 5.82 Å². The molecule has 24 heavy (non-hydrogen) atoms. The summed E-state index contributed by atoms with van der Waals surface area (Å²) < 4.78 is 19.5. The number of nitrogens with zero attached hydrogens (tertiary/aromatic N) is 3. The second kappa shape index (κ2) is 5.91. The normalized spacial score (nSPS) is 15.1. The Kier molecular flexibility index (Phi) is 3.92. The number of anilines is 4. The molecule has 3 rings (SSSR count). The largest absolute Gasteiger partial charge is 0.474 e. The molecule has 0 saturated heterocycles. The third-order valence-corrected chi connectivity index (χ3v) is 3.33. The number of ether oxygens (including phenoxy) is 1. The highest BCUT2D eigenvalue weighted by Crippen LogP contribution is 2.33. The van der Waals surface area contributed by atoms with Crippen molar-refractivity contribution in [3.63, 3.8) is 0 Å². The lowest BCUT2D eigenvalue weighted by Gasteiger charge is -2.30. The zero-order valence-corrected chi connectivity index (χ0v) is 13.5. The van der Waals surface area contributed by atoms with E-state index in [0.717, 1.165) is 6.20 Å². The molecular formula is C15H17FN6O2. The van der Waals surface area contributed by atoms with E-state index in [9.17, 15) is 9.18 Å². The van der Waals surface area contributed by atoms with Crippen molar-refractivity contribution in [2.24, 2.45) is 0 Å². The van der Waals surface area contributed by atoms with Gasteiger partial charge in [-0.05, 0) is 32.9 Å². The maximum Gasteiger partial charge on any atom is 0.269 e. The number of aromatic nitrogens is 3. The number of hydrogen-bond donors (Lipinski definition) is 3. The smallest absolute Gasteiger partial charge is 0.269 e. The van der Waals surface area contributed by atoms with Gasteiger partial charge in [-0.25, -0.2) is 14.4 Å². The van der Waals surface area contributed by atoms with Gasteiger partial charge in [-0.1, -0.05) is 0 Å². The molecule has 0 aliphatic carbocycles. The number of carbonyl (C=O) groups is 1. The zero-order chi connectivity index (χ0) is 17.3. The van der Waals surface area contributed by atoms with Gasteiger partial charge in [0.2, 0.25) is 5.95 Å². The Bertz CT molecular complexity index is 796. The van der Waals surface area contributed by atoms with Crippen LogP contribution in [0.3, 0.4) is 0 Å². The molecule has 3 N–H and O–H groups in total. The van der Waals surface area contributed by atoms with Crippen LogP contribution in [0.1, 0.15) is 20.8 Å². The van der Waals surface area contributed by atoms with Gasteiger partial charge in [-0.15, -0.1) is 0 Å². The molecule has 126 valence electrons. The van der Waals surface area contributed by atoms with Gasteiger partial charge in [-0.2, -0.15) is 4.98 Å². The Balaban J connectivity index is 1.86. The summed E-state index contributed by atoms with van der Waals surface area (Å²) in [5, 5.41) is 8.34. The van der Waals surface area contributed by atoms with E-state index < -0.39 is 11.4 Å². The van der Waals surface area contributed by atoms with Gasteiger partial charge in [0.15, 0.2) is 28.8 Å². The summed E-state index contributed by atoms with van der Waals surface area (Å²) in [7, 11) is 0. The number of amides is 1. The van der Waals surface area contributed by atoms with Crippen molar-refractivity contribution in [3.8, 4) is 5.75 Å². The first-order chi connectivity index (χ1) is 11.4. The first-order valence-corrected chi connectivity index (χ1v) is 7.44. The highest BCUT2D eigenvalue weighted by molar-refractivity contribution is 5.99. The lowest BCUT2D eigenvalue weighted by molar-refractivity contribution is -0.129. The fourth-order valence-corrected chi connectivity index (χ4v) is 2.09. The number of pyridine rings is 1. The number of nitrogens with one attached hydrogen (secondary N) is 3. The minimum Gasteiger partial charge on any atom is -0.474 e. The van der Waals surface area contributed by atoms with E-state index in [1.54, 1.807) is 26.0 Å². The van der Waals surface area contributed by atoms with Crippen molar-refractivity contribution >= 4 is 29.3 Å². The van der Waals surface area contributed by atoms with Crippen LogP contribution >= 0.6 is 0 Å². The first-order valence-electron chi connectivity index (χ1n) is 7.44. The predicted molar refractivity (Wildman–Crippen MR) is 87.0 cm³/mol. The summed E-state index contributed by atoms with van der Waals surface area (Å²) in [6.45, 7) is 5.82. The van der Waals surface area contributed by atoms with Crippen LogP contribution in [0.2, 0.25) is 0 Å². The highest BCUT2D eigenvalue weighted by Gasteiger charge is 2.36. The van der Waals surface area contributed by atoms with Gasteiger partial charge in [-0.3, -0.25) is 4.79 Å². The van der Waals surface area contributed by atoms with Crippen LogP contribution in [0.25, 0.3) is 0 Å². The molecule has 0 atom stereocenters. The molecule has 1 amide bonds. The molecule has 0 bridgehead atoms. The molecule has 2 aromatic rings. The Morgan fingerprint density at radius 3 is 2.88 bits per heavy atom. The second-order valence-corrected chi connectivity index (χ2v) is 5.66. The SMILES string of the molecule is CCNc1ncc(F)c(Nc2ccc3c(n2)NC(=O)C(C)(C)O3)n1. The van der Waals surface area contributed by atoms with Crippen molar-refractivity contribution in [1.29, 1.82) is 0 Å². The van der Waals surface area contributed by atoms with E-state index in [4.69, 9.17) is 4.74 Å². The minimum absolute atomic E-state index is 0.0169. The standard InChI is InChI=1S/C15H17FN6O2/c1-4-17-14-18-7-8(16)11(22-14)19-10-6-5-9-12(20-10)21-13(23)15(2,3)24-9/h5-7H,4H2,1-3H3,(H3,17,18,19,20,21,22,23). The molecule has 0 radical (unpaired) electrons. The van der Waals surface area contributed by atoms with Crippen LogP contribution in [0.4, 0.5) is 27.8 Å². The van der Waals surface area contributed by atoms with Crippen LogP contribution in [0.5, 0.6) is 5.75 Å². The molecule has 0 unspecified atom stereocenters. The molecule has 3 heterocycles. The average molecular weight is 332 g/mol. The number of fused-ring (bicyclic) bond motifs is 1. The lowest BCUT2D eigenvalue weighted by Crippen LogP contribution is -2.46. The van der Waals surface area contributed by atoms with Crippen molar-refractivity contribution < 1.29 is 13.9 Å². The minimum atomic E-state index is -0.969. The topological polar surface area (TPSA) is 101 Å². The molecule has 0 fully saturated rings. The van der Waals surface area contributed by atoms with Gasteiger partial charge in [0.05, 0.1) is 6.20 Å². The van der Waals surface area contributed by atoms with Crippen molar-refractivity contribution in [1.82, 2.24) is 15.0 Å². The Labute approximate surface area is 137 Å². The molecule has 0 saturated carbocycles. The summed E-state index contributed by atoms with van der Waals surface area (Å²) >= 11 is 0. The Hall–Kier alpha value is -2.97. The fraction of sp³-hybridized carbons (Fsp3) is 0.333. The van der Waals surface area contributed by atoms with E-state index in [2.05, 4.69) is 30.9 Å². The van der Waals surface area contributed by atoms with E-state index >= 15 is 0 Å². The molecule has 2 aromatic heterocycles. The zero-order valence-electron chi connectivity index (χ0n) is 13.5. The maximum atomic E-state index is 13.9. The first kappa shape index (κ1) is 15.9. The average Bonchev–Trinajstić information content (AvgIpc) is 2.52. The van der Waals surface area contributed by atoms with E-state index in [1.807, 2.05) is 6.92 Å². The van der Waals surface area contributed by atoms with Crippen molar-refractivity contribution in [2.45, 2.75) is 26.4 Å². The van der Waals surface area contributed by atoms with Crippen molar-refractivity contribution in [2.75, 3.05) is 22.5 Å².